The zero-order valence-electron chi connectivity index (χ0n) is 17.5. The van der Waals surface area contributed by atoms with Gasteiger partial charge in [0.25, 0.3) is 0 Å². The van der Waals surface area contributed by atoms with Crippen molar-refractivity contribution >= 4 is 5.97 Å². The van der Waals surface area contributed by atoms with Gasteiger partial charge in [-0.2, -0.15) is 0 Å². The molecule has 0 unspecified atom stereocenters. The highest BCUT2D eigenvalue weighted by atomic mass is 16.5. The van der Waals surface area contributed by atoms with Crippen LogP contribution in [0.25, 0.3) is 0 Å². The fraction of sp³-hybridized carbons (Fsp3) is 0.875. The first-order chi connectivity index (χ1) is 13.4. The summed E-state index contributed by atoms with van der Waals surface area (Å²) >= 11 is 0. The fourth-order valence-electron chi connectivity index (χ4n) is 9.64. The van der Waals surface area contributed by atoms with Crippen molar-refractivity contribution in [1.82, 2.24) is 4.90 Å². The Labute approximate surface area is 169 Å². The van der Waals surface area contributed by atoms with E-state index in [1.54, 1.807) is 6.92 Å². The first kappa shape index (κ1) is 17.9. The maximum atomic E-state index is 12.0. The lowest BCUT2D eigenvalue weighted by molar-refractivity contribution is -0.277. The Hall–Kier alpha value is -0.870. The van der Waals surface area contributed by atoms with Gasteiger partial charge in [-0.1, -0.05) is 19.9 Å². The number of rotatable bonds is 1. The molecule has 0 N–H and O–H groups in total. The number of nitrogens with zero attached hydrogens (tertiary/aromatic N) is 1. The van der Waals surface area contributed by atoms with E-state index in [2.05, 4.69) is 18.4 Å². The van der Waals surface area contributed by atoms with Crippen LogP contribution in [-0.4, -0.2) is 42.9 Å². The molecule has 4 heteroatoms. The monoisotopic (exact) mass is 385 g/mol. The van der Waals surface area contributed by atoms with E-state index in [-0.39, 0.29) is 29.1 Å². The highest BCUT2D eigenvalue weighted by molar-refractivity contribution is 5.67. The Balaban J connectivity index is 1.50. The SMILES string of the molecule is C=C1[C@@H]2CC[C@@H]3[C@@](CC[C@@H]4[C@]5(C)CCC[C@]43[C@H]3OCCN3C5)(C2)[C@@H]1OC(C)=O. The summed E-state index contributed by atoms with van der Waals surface area (Å²) in [6, 6.07) is 0. The Kier molecular flexibility index (Phi) is 3.61. The van der Waals surface area contributed by atoms with Crippen LogP contribution >= 0.6 is 0 Å². The summed E-state index contributed by atoms with van der Waals surface area (Å²) in [7, 11) is 0. The van der Waals surface area contributed by atoms with Crippen LogP contribution < -0.4 is 0 Å². The van der Waals surface area contributed by atoms with Gasteiger partial charge in [0.1, 0.15) is 12.3 Å². The second-order valence-electron chi connectivity index (χ2n) is 11.2. The standard InChI is InChI=1S/C24H35NO3/c1-15-17-5-6-19-23(13-17,20(15)28-16(2)26)10-7-18-22(3)8-4-9-24(18,19)21-25(14-22)11-12-27-21/h17-21H,1,4-14H2,2-3H3/t17-,18-,19-,20-,21-,22-,23-,24+/m1/s1. The zero-order chi connectivity index (χ0) is 19.3. The minimum absolute atomic E-state index is 0.0669. The predicted octanol–water partition coefficient (Wildman–Crippen LogP) is 4.15. The van der Waals surface area contributed by atoms with E-state index in [1.807, 2.05) is 0 Å². The molecule has 0 aromatic heterocycles. The van der Waals surface area contributed by atoms with Crippen LogP contribution in [-0.2, 0) is 14.3 Å². The van der Waals surface area contributed by atoms with Crippen LogP contribution in [0.1, 0.15) is 65.2 Å². The van der Waals surface area contributed by atoms with Crippen molar-refractivity contribution in [3.63, 3.8) is 0 Å². The molecule has 0 aromatic rings. The molecule has 2 saturated heterocycles. The molecule has 2 heterocycles. The van der Waals surface area contributed by atoms with E-state index < -0.39 is 0 Å². The smallest absolute Gasteiger partial charge is 0.303 e. The second-order valence-corrected chi connectivity index (χ2v) is 11.2. The van der Waals surface area contributed by atoms with E-state index in [0.717, 1.165) is 19.1 Å². The lowest BCUT2D eigenvalue weighted by Gasteiger charge is -2.70. The molecule has 4 aliphatic carbocycles. The van der Waals surface area contributed by atoms with Gasteiger partial charge in [0.2, 0.25) is 0 Å². The number of carbonyl (C=O) groups excluding carboxylic acids is 1. The summed E-state index contributed by atoms with van der Waals surface area (Å²) < 4.78 is 12.6. The van der Waals surface area contributed by atoms with Gasteiger partial charge in [-0.15, -0.1) is 0 Å². The average Bonchev–Trinajstić information content (AvgIpc) is 3.18. The zero-order valence-corrected chi connectivity index (χ0v) is 17.5. The fourth-order valence-corrected chi connectivity index (χ4v) is 9.64. The normalized spacial score (nSPS) is 54.6. The maximum absolute atomic E-state index is 12.0. The van der Waals surface area contributed by atoms with E-state index in [1.165, 1.54) is 63.5 Å². The Bertz CT molecular complexity index is 735. The molecular formula is C24H35NO3. The van der Waals surface area contributed by atoms with Crippen LogP contribution in [0.5, 0.6) is 0 Å². The van der Waals surface area contributed by atoms with Gasteiger partial charge in [-0.05, 0) is 73.7 Å². The van der Waals surface area contributed by atoms with Crippen LogP contribution in [0.4, 0.5) is 0 Å². The van der Waals surface area contributed by atoms with Crippen molar-refractivity contribution < 1.29 is 14.3 Å². The Morgan fingerprint density at radius 3 is 2.89 bits per heavy atom. The molecule has 6 rings (SSSR count). The molecular weight excluding hydrogens is 350 g/mol. The summed E-state index contributed by atoms with van der Waals surface area (Å²) in [4.78, 5) is 14.7. The number of hydrogen-bond acceptors (Lipinski definition) is 4. The highest BCUT2D eigenvalue weighted by Crippen LogP contribution is 2.75. The highest BCUT2D eigenvalue weighted by Gasteiger charge is 2.73. The molecule has 6 aliphatic rings. The molecule has 0 amide bonds. The van der Waals surface area contributed by atoms with E-state index in [4.69, 9.17) is 9.47 Å². The third-order valence-corrected chi connectivity index (χ3v) is 10.2. The van der Waals surface area contributed by atoms with Crippen molar-refractivity contribution in [2.75, 3.05) is 19.7 Å². The molecule has 2 aliphatic heterocycles. The quantitative estimate of drug-likeness (QED) is 0.502. The molecule has 8 atom stereocenters. The molecule has 28 heavy (non-hydrogen) atoms. The Morgan fingerprint density at radius 2 is 2.07 bits per heavy atom. The van der Waals surface area contributed by atoms with Crippen LogP contribution in [0.2, 0.25) is 0 Å². The topological polar surface area (TPSA) is 38.8 Å². The van der Waals surface area contributed by atoms with Crippen LogP contribution in [0.15, 0.2) is 12.2 Å². The largest absolute Gasteiger partial charge is 0.457 e. The van der Waals surface area contributed by atoms with E-state index >= 15 is 0 Å². The number of piperidine rings is 1. The lowest BCUT2D eigenvalue weighted by Crippen LogP contribution is -2.71. The second kappa shape index (κ2) is 5.63. The number of hydrogen-bond donors (Lipinski definition) is 0. The summed E-state index contributed by atoms with van der Waals surface area (Å²) in [6.45, 7) is 11.8. The van der Waals surface area contributed by atoms with Crippen LogP contribution in [0, 0.1) is 34.0 Å². The molecule has 4 bridgehead atoms. The molecule has 6 fully saturated rings. The molecule has 4 saturated carbocycles. The molecule has 4 nitrogen and oxygen atoms in total. The minimum atomic E-state index is -0.137. The van der Waals surface area contributed by atoms with Gasteiger partial charge < -0.3 is 9.47 Å². The number of esters is 1. The molecule has 0 radical (unpaired) electrons. The number of carbonyl (C=O) groups is 1. The van der Waals surface area contributed by atoms with Crippen molar-refractivity contribution in [1.29, 1.82) is 0 Å². The Morgan fingerprint density at radius 1 is 1.21 bits per heavy atom. The third-order valence-electron chi connectivity index (χ3n) is 10.2. The lowest BCUT2D eigenvalue weighted by atomic mass is 9.38. The van der Waals surface area contributed by atoms with E-state index in [9.17, 15) is 4.79 Å². The first-order valence-corrected chi connectivity index (χ1v) is 11.6. The minimum Gasteiger partial charge on any atom is -0.457 e. The van der Waals surface area contributed by atoms with Gasteiger partial charge in [0, 0.05) is 30.8 Å². The van der Waals surface area contributed by atoms with Gasteiger partial charge in [0.15, 0.2) is 0 Å². The van der Waals surface area contributed by atoms with Gasteiger partial charge in [0.05, 0.1) is 6.61 Å². The average molecular weight is 386 g/mol. The van der Waals surface area contributed by atoms with Gasteiger partial charge in [-0.25, -0.2) is 0 Å². The summed E-state index contributed by atoms with van der Waals surface area (Å²) in [5, 5.41) is 0. The first-order valence-electron chi connectivity index (χ1n) is 11.6. The van der Waals surface area contributed by atoms with Crippen molar-refractivity contribution in [3.05, 3.63) is 12.2 Å². The van der Waals surface area contributed by atoms with Gasteiger partial charge in [-0.3, -0.25) is 9.69 Å². The van der Waals surface area contributed by atoms with Crippen LogP contribution in [0.3, 0.4) is 0 Å². The molecule has 1 spiro atoms. The maximum Gasteiger partial charge on any atom is 0.303 e. The molecule has 0 aromatic carbocycles. The third kappa shape index (κ3) is 1.97. The van der Waals surface area contributed by atoms with E-state index in [0.29, 0.717) is 17.3 Å². The van der Waals surface area contributed by atoms with Gasteiger partial charge >= 0.3 is 5.97 Å². The van der Waals surface area contributed by atoms with Crippen molar-refractivity contribution in [2.45, 2.75) is 77.5 Å². The van der Waals surface area contributed by atoms with Crippen molar-refractivity contribution in [2.24, 2.45) is 34.0 Å². The predicted molar refractivity (Wildman–Crippen MR) is 106 cm³/mol. The number of ether oxygens (including phenoxy) is 2. The van der Waals surface area contributed by atoms with Crippen molar-refractivity contribution in [3.8, 4) is 0 Å². The summed E-state index contributed by atoms with van der Waals surface area (Å²) in [6.07, 6.45) is 10.4. The summed E-state index contributed by atoms with van der Waals surface area (Å²) in [5.74, 6) is 1.77. The summed E-state index contributed by atoms with van der Waals surface area (Å²) in [5.41, 5.74) is 1.99. The number of fused-ring (bicyclic) bond motifs is 2. The molecule has 154 valence electrons.